The number of likely N-dealkylation sites (tertiary alicyclic amines) is 1. The Kier molecular flexibility index (Phi) is 2.05. The van der Waals surface area contributed by atoms with E-state index >= 15 is 0 Å². The van der Waals surface area contributed by atoms with Gasteiger partial charge in [0.2, 0.25) is 0 Å². The highest BCUT2D eigenvalue weighted by molar-refractivity contribution is 5.12. The maximum absolute atomic E-state index is 9.20. The first-order chi connectivity index (χ1) is 6.25. The van der Waals surface area contributed by atoms with E-state index in [0.717, 1.165) is 19.5 Å². The van der Waals surface area contributed by atoms with Crippen LogP contribution in [0.15, 0.2) is 0 Å². The lowest BCUT2D eigenvalue weighted by Crippen LogP contribution is -2.35. The van der Waals surface area contributed by atoms with Crippen LogP contribution in [-0.2, 0) is 0 Å². The molecule has 0 amide bonds. The summed E-state index contributed by atoms with van der Waals surface area (Å²) >= 11 is 0. The average Bonchev–Trinajstić information content (AvgIpc) is 2.72. The van der Waals surface area contributed by atoms with Gasteiger partial charge in [0.05, 0.1) is 18.7 Å². The van der Waals surface area contributed by atoms with Gasteiger partial charge in [0.15, 0.2) is 0 Å². The van der Waals surface area contributed by atoms with Gasteiger partial charge >= 0.3 is 0 Å². The zero-order valence-corrected chi connectivity index (χ0v) is 8.03. The van der Waals surface area contributed by atoms with Crippen LogP contribution in [0, 0.1) is 22.7 Å². The van der Waals surface area contributed by atoms with Crippen LogP contribution in [0.4, 0.5) is 0 Å². The smallest absolute Gasteiger partial charge is 0.0975 e. The van der Waals surface area contributed by atoms with Crippen LogP contribution >= 0.6 is 0 Å². The molecule has 3 unspecified atom stereocenters. The number of nitrogens with zero attached hydrogens (tertiary/aromatic N) is 2. The molecule has 1 N–H and O–H groups in total. The van der Waals surface area contributed by atoms with Crippen LogP contribution < -0.4 is 0 Å². The normalized spacial score (nSPS) is 39.6. The molecule has 2 fully saturated rings. The highest BCUT2D eigenvalue weighted by Crippen LogP contribution is 2.57. The minimum absolute atomic E-state index is 0.0659. The SMILES string of the molecule is CCC(C#N)N1CC2CC2(CO)C1. The van der Waals surface area contributed by atoms with Crippen molar-refractivity contribution in [3.05, 3.63) is 0 Å². The minimum Gasteiger partial charge on any atom is -0.396 e. The molecule has 0 radical (unpaired) electrons. The van der Waals surface area contributed by atoms with Crippen molar-refractivity contribution in [3.63, 3.8) is 0 Å². The molecule has 2 rings (SSSR count). The van der Waals surface area contributed by atoms with Gasteiger partial charge in [-0.2, -0.15) is 5.26 Å². The predicted molar refractivity (Wildman–Crippen MR) is 48.9 cm³/mol. The monoisotopic (exact) mass is 180 g/mol. The highest BCUT2D eigenvalue weighted by atomic mass is 16.3. The van der Waals surface area contributed by atoms with Crippen LogP contribution in [0.25, 0.3) is 0 Å². The lowest BCUT2D eigenvalue weighted by Gasteiger charge is -2.23. The largest absolute Gasteiger partial charge is 0.396 e. The third-order valence-corrected chi connectivity index (χ3v) is 3.62. The Hall–Kier alpha value is -0.590. The van der Waals surface area contributed by atoms with Crippen molar-refractivity contribution in [2.45, 2.75) is 25.8 Å². The number of rotatable bonds is 3. The van der Waals surface area contributed by atoms with Crippen molar-refractivity contribution in [2.24, 2.45) is 11.3 Å². The second-order valence-electron chi connectivity index (χ2n) is 4.40. The number of hydrogen-bond acceptors (Lipinski definition) is 3. The van der Waals surface area contributed by atoms with Gasteiger partial charge in [0, 0.05) is 18.5 Å². The maximum atomic E-state index is 9.20. The molecule has 3 heteroatoms. The third-order valence-electron chi connectivity index (χ3n) is 3.62. The van der Waals surface area contributed by atoms with E-state index in [1.165, 1.54) is 6.42 Å². The van der Waals surface area contributed by atoms with Crippen LogP contribution in [0.3, 0.4) is 0 Å². The molecule has 2 aliphatic rings. The molecular weight excluding hydrogens is 164 g/mol. The molecule has 0 aromatic heterocycles. The first kappa shape index (κ1) is 8.98. The Balaban J connectivity index is 1.97. The van der Waals surface area contributed by atoms with Gasteiger partial charge in [-0.05, 0) is 18.8 Å². The second-order valence-corrected chi connectivity index (χ2v) is 4.40. The Bertz CT molecular complexity index is 244. The molecule has 72 valence electrons. The van der Waals surface area contributed by atoms with Crippen LogP contribution in [0.5, 0.6) is 0 Å². The van der Waals surface area contributed by atoms with Gasteiger partial charge in [-0.25, -0.2) is 0 Å². The van der Waals surface area contributed by atoms with E-state index in [1.807, 2.05) is 6.92 Å². The number of fused-ring (bicyclic) bond motifs is 1. The van der Waals surface area contributed by atoms with Gasteiger partial charge in [-0.1, -0.05) is 6.92 Å². The zero-order chi connectivity index (χ0) is 9.47. The summed E-state index contributed by atoms with van der Waals surface area (Å²) < 4.78 is 0. The number of aliphatic hydroxyl groups is 1. The molecule has 1 saturated carbocycles. The number of hydrogen-bond donors (Lipinski definition) is 1. The standard InChI is InChI=1S/C10H16N2O/c1-2-9(4-11)12-5-8-3-10(8,6-12)7-13/h8-9,13H,2-3,5-7H2,1H3. The molecule has 3 nitrogen and oxygen atoms in total. The third kappa shape index (κ3) is 1.25. The van der Waals surface area contributed by atoms with Crippen molar-refractivity contribution in [2.75, 3.05) is 19.7 Å². The van der Waals surface area contributed by atoms with Crippen molar-refractivity contribution in [1.29, 1.82) is 5.26 Å². The van der Waals surface area contributed by atoms with Crippen LogP contribution in [0.1, 0.15) is 19.8 Å². The molecular formula is C10H16N2O. The summed E-state index contributed by atoms with van der Waals surface area (Å²) in [4.78, 5) is 2.23. The molecule has 1 heterocycles. The Labute approximate surface area is 79.0 Å². The zero-order valence-electron chi connectivity index (χ0n) is 8.03. The lowest BCUT2D eigenvalue weighted by atomic mass is 10.1. The van der Waals surface area contributed by atoms with Gasteiger partial charge < -0.3 is 5.11 Å². The Morgan fingerprint density at radius 2 is 2.54 bits per heavy atom. The van der Waals surface area contributed by atoms with Crippen molar-refractivity contribution < 1.29 is 5.11 Å². The highest BCUT2D eigenvalue weighted by Gasteiger charge is 2.60. The maximum Gasteiger partial charge on any atom is 0.0975 e. The number of aliphatic hydroxyl groups excluding tert-OH is 1. The molecule has 1 aliphatic carbocycles. The van der Waals surface area contributed by atoms with Gasteiger partial charge in [-0.3, -0.25) is 4.90 Å². The summed E-state index contributed by atoms with van der Waals surface area (Å²) in [7, 11) is 0. The van der Waals surface area contributed by atoms with Crippen LogP contribution in [-0.4, -0.2) is 35.7 Å². The molecule has 13 heavy (non-hydrogen) atoms. The molecule has 0 aromatic carbocycles. The molecule has 3 atom stereocenters. The fraction of sp³-hybridized carbons (Fsp3) is 0.900. The van der Waals surface area contributed by atoms with Gasteiger partial charge in [0.25, 0.3) is 0 Å². The van der Waals surface area contributed by atoms with E-state index in [-0.39, 0.29) is 11.5 Å². The Morgan fingerprint density at radius 3 is 3.00 bits per heavy atom. The molecule has 0 bridgehead atoms. The minimum atomic E-state index is 0.0659. The fourth-order valence-corrected chi connectivity index (χ4v) is 2.55. The number of nitriles is 1. The molecule has 0 spiro atoms. The summed E-state index contributed by atoms with van der Waals surface area (Å²) in [5.74, 6) is 0.667. The van der Waals surface area contributed by atoms with E-state index < -0.39 is 0 Å². The molecule has 0 aromatic rings. The summed E-state index contributed by atoms with van der Waals surface area (Å²) in [6.45, 7) is 4.30. The summed E-state index contributed by atoms with van der Waals surface area (Å²) in [5, 5.41) is 18.1. The van der Waals surface area contributed by atoms with E-state index in [1.54, 1.807) is 0 Å². The van der Waals surface area contributed by atoms with E-state index in [2.05, 4.69) is 11.0 Å². The van der Waals surface area contributed by atoms with E-state index in [4.69, 9.17) is 5.26 Å². The predicted octanol–water partition coefficient (Wildman–Crippen LogP) is 0.603. The summed E-state index contributed by atoms with van der Waals surface area (Å²) in [6, 6.07) is 2.39. The van der Waals surface area contributed by atoms with Crippen LogP contribution in [0.2, 0.25) is 0 Å². The first-order valence-corrected chi connectivity index (χ1v) is 5.00. The number of piperidine rings is 1. The second kappa shape index (κ2) is 2.97. The topological polar surface area (TPSA) is 47.3 Å². The summed E-state index contributed by atoms with van der Waals surface area (Å²) in [5.41, 5.74) is 0.185. The molecule has 1 saturated heterocycles. The van der Waals surface area contributed by atoms with Gasteiger partial charge in [0.1, 0.15) is 0 Å². The van der Waals surface area contributed by atoms with Crippen molar-refractivity contribution >= 4 is 0 Å². The first-order valence-electron chi connectivity index (χ1n) is 5.00. The van der Waals surface area contributed by atoms with E-state index in [9.17, 15) is 5.11 Å². The van der Waals surface area contributed by atoms with Crippen molar-refractivity contribution in [1.82, 2.24) is 4.90 Å². The lowest BCUT2D eigenvalue weighted by molar-refractivity contribution is 0.174. The average molecular weight is 180 g/mol. The van der Waals surface area contributed by atoms with Crippen molar-refractivity contribution in [3.8, 4) is 6.07 Å². The quantitative estimate of drug-likeness (QED) is 0.692. The van der Waals surface area contributed by atoms with E-state index in [0.29, 0.717) is 12.5 Å². The molecule has 1 aliphatic heterocycles. The van der Waals surface area contributed by atoms with Gasteiger partial charge in [-0.15, -0.1) is 0 Å². The fourth-order valence-electron chi connectivity index (χ4n) is 2.55. The summed E-state index contributed by atoms with van der Waals surface area (Å²) in [6.07, 6.45) is 2.06. The Morgan fingerprint density at radius 1 is 1.77 bits per heavy atom.